The number of aliphatic hydroxyl groups is 1. The van der Waals surface area contributed by atoms with Crippen LogP contribution >= 0.6 is 0 Å². The number of benzene rings is 1. The summed E-state index contributed by atoms with van der Waals surface area (Å²) < 4.78 is 0. The van der Waals surface area contributed by atoms with Crippen LogP contribution < -0.4 is 0 Å². The lowest BCUT2D eigenvalue weighted by Gasteiger charge is -2.37. The standard InChI is InChI=1S/C13H13NO/c15-13(7-3-8-13)11-6-1-4-10-5-2-9-14-12(10)11/h1-2,4-6,9,15H,3,7-8H2. The number of nitrogens with zero attached hydrogens (tertiary/aromatic N) is 1. The molecule has 0 amide bonds. The highest BCUT2D eigenvalue weighted by Gasteiger charge is 2.37. The first-order valence-electron chi connectivity index (χ1n) is 5.36. The van der Waals surface area contributed by atoms with Gasteiger partial charge >= 0.3 is 0 Å². The topological polar surface area (TPSA) is 33.1 Å². The molecule has 1 aliphatic carbocycles. The quantitative estimate of drug-likeness (QED) is 0.765. The van der Waals surface area contributed by atoms with Crippen molar-refractivity contribution in [2.45, 2.75) is 24.9 Å². The number of pyridine rings is 1. The third kappa shape index (κ3) is 1.25. The van der Waals surface area contributed by atoms with Gasteiger partial charge in [0.25, 0.3) is 0 Å². The van der Waals surface area contributed by atoms with Gasteiger partial charge in [0.05, 0.1) is 11.1 Å². The molecule has 1 aliphatic rings. The zero-order chi connectivity index (χ0) is 10.3. The predicted octanol–water partition coefficient (Wildman–Crippen LogP) is 2.61. The lowest BCUT2D eigenvalue weighted by Crippen LogP contribution is -2.33. The van der Waals surface area contributed by atoms with E-state index in [0.717, 1.165) is 35.7 Å². The number of aromatic nitrogens is 1. The molecular formula is C13H13NO. The van der Waals surface area contributed by atoms with E-state index in [9.17, 15) is 5.11 Å². The van der Waals surface area contributed by atoms with E-state index in [1.54, 1.807) is 6.20 Å². The van der Waals surface area contributed by atoms with Gasteiger partial charge < -0.3 is 5.11 Å². The Balaban J connectivity index is 2.26. The molecule has 1 heterocycles. The van der Waals surface area contributed by atoms with Crippen molar-refractivity contribution in [3.8, 4) is 0 Å². The first-order chi connectivity index (χ1) is 7.30. The Kier molecular flexibility index (Phi) is 1.80. The van der Waals surface area contributed by atoms with Crippen molar-refractivity contribution in [2.24, 2.45) is 0 Å². The van der Waals surface area contributed by atoms with Gasteiger partial charge in [0, 0.05) is 17.1 Å². The summed E-state index contributed by atoms with van der Waals surface area (Å²) in [6.45, 7) is 0. The van der Waals surface area contributed by atoms with E-state index in [2.05, 4.69) is 4.98 Å². The smallest absolute Gasteiger partial charge is 0.0917 e. The predicted molar refractivity (Wildman–Crippen MR) is 59.5 cm³/mol. The van der Waals surface area contributed by atoms with Gasteiger partial charge in [-0.1, -0.05) is 24.3 Å². The van der Waals surface area contributed by atoms with Crippen LogP contribution in [-0.4, -0.2) is 10.1 Å². The lowest BCUT2D eigenvalue weighted by atomic mass is 9.74. The highest BCUT2D eigenvalue weighted by atomic mass is 16.3. The van der Waals surface area contributed by atoms with Crippen LogP contribution in [0.1, 0.15) is 24.8 Å². The minimum atomic E-state index is -0.617. The summed E-state index contributed by atoms with van der Waals surface area (Å²) >= 11 is 0. The normalized spacial score (nSPS) is 18.7. The van der Waals surface area contributed by atoms with E-state index in [1.807, 2.05) is 30.3 Å². The van der Waals surface area contributed by atoms with E-state index in [-0.39, 0.29) is 0 Å². The summed E-state index contributed by atoms with van der Waals surface area (Å²) in [4.78, 5) is 4.37. The second-order valence-corrected chi connectivity index (χ2v) is 4.27. The van der Waals surface area contributed by atoms with Gasteiger partial charge in [-0.25, -0.2) is 0 Å². The number of fused-ring (bicyclic) bond motifs is 1. The maximum atomic E-state index is 10.3. The third-order valence-corrected chi connectivity index (χ3v) is 3.31. The molecule has 1 fully saturated rings. The number of rotatable bonds is 1. The molecule has 0 saturated heterocycles. The van der Waals surface area contributed by atoms with Crippen LogP contribution in [0.5, 0.6) is 0 Å². The van der Waals surface area contributed by atoms with Crippen LogP contribution in [0.25, 0.3) is 10.9 Å². The number of para-hydroxylation sites is 1. The van der Waals surface area contributed by atoms with Crippen LogP contribution in [-0.2, 0) is 5.60 Å². The van der Waals surface area contributed by atoms with Gasteiger partial charge in [-0.2, -0.15) is 0 Å². The van der Waals surface area contributed by atoms with E-state index in [0.29, 0.717) is 0 Å². The lowest BCUT2D eigenvalue weighted by molar-refractivity contribution is -0.0375. The Morgan fingerprint density at radius 2 is 1.93 bits per heavy atom. The molecule has 0 aliphatic heterocycles. The summed E-state index contributed by atoms with van der Waals surface area (Å²) in [5.74, 6) is 0. The van der Waals surface area contributed by atoms with Crippen LogP contribution in [0.4, 0.5) is 0 Å². The van der Waals surface area contributed by atoms with Crippen molar-refractivity contribution in [3.05, 3.63) is 42.1 Å². The van der Waals surface area contributed by atoms with Crippen LogP contribution in [0.2, 0.25) is 0 Å². The number of hydrogen-bond donors (Lipinski definition) is 1. The number of hydrogen-bond acceptors (Lipinski definition) is 2. The van der Waals surface area contributed by atoms with Gasteiger partial charge in [0.2, 0.25) is 0 Å². The fourth-order valence-corrected chi connectivity index (χ4v) is 2.26. The molecule has 2 heteroatoms. The first-order valence-corrected chi connectivity index (χ1v) is 5.36. The molecule has 76 valence electrons. The molecule has 1 aromatic heterocycles. The fourth-order valence-electron chi connectivity index (χ4n) is 2.26. The van der Waals surface area contributed by atoms with Crippen molar-refractivity contribution in [3.63, 3.8) is 0 Å². The van der Waals surface area contributed by atoms with Crippen molar-refractivity contribution >= 4 is 10.9 Å². The molecule has 1 aromatic carbocycles. The third-order valence-electron chi connectivity index (χ3n) is 3.31. The molecule has 1 saturated carbocycles. The zero-order valence-corrected chi connectivity index (χ0v) is 8.48. The van der Waals surface area contributed by atoms with Gasteiger partial charge in [0.1, 0.15) is 0 Å². The second kappa shape index (κ2) is 3.04. The summed E-state index contributed by atoms with van der Waals surface area (Å²) in [5.41, 5.74) is 1.32. The summed E-state index contributed by atoms with van der Waals surface area (Å²) in [5, 5.41) is 11.4. The van der Waals surface area contributed by atoms with Crippen molar-refractivity contribution in [2.75, 3.05) is 0 Å². The van der Waals surface area contributed by atoms with Crippen molar-refractivity contribution < 1.29 is 5.11 Å². The minimum Gasteiger partial charge on any atom is -0.385 e. The van der Waals surface area contributed by atoms with E-state index >= 15 is 0 Å². The average molecular weight is 199 g/mol. The summed E-state index contributed by atoms with van der Waals surface area (Å²) in [6, 6.07) is 9.99. The minimum absolute atomic E-state index is 0.617. The van der Waals surface area contributed by atoms with Gasteiger partial charge in [-0.05, 0) is 25.3 Å². The van der Waals surface area contributed by atoms with Gasteiger partial charge in [-0.3, -0.25) is 4.98 Å². The molecular weight excluding hydrogens is 186 g/mol. The zero-order valence-electron chi connectivity index (χ0n) is 8.48. The maximum Gasteiger partial charge on any atom is 0.0917 e. The summed E-state index contributed by atoms with van der Waals surface area (Å²) in [7, 11) is 0. The van der Waals surface area contributed by atoms with Gasteiger partial charge in [0.15, 0.2) is 0 Å². The van der Waals surface area contributed by atoms with E-state index < -0.39 is 5.60 Å². The van der Waals surface area contributed by atoms with Crippen LogP contribution in [0, 0.1) is 0 Å². The highest BCUT2D eigenvalue weighted by molar-refractivity contribution is 5.82. The Morgan fingerprint density at radius 1 is 1.13 bits per heavy atom. The Hall–Kier alpha value is -1.41. The van der Waals surface area contributed by atoms with Crippen LogP contribution in [0.3, 0.4) is 0 Å². The van der Waals surface area contributed by atoms with Gasteiger partial charge in [-0.15, -0.1) is 0 Å². The fraction of sp³-hybridized carbons (Fsp3) is 0.308. The first kappa shape index (κ1) is 8.86. The Bertz CT molecular complexity index is 497. The molecule has 15 heavy (non-hydrogen) atoms. The molecule has 0 atom stereocenters. The molecule has 2 aromatic rings. The molecule has 0 bridgehead atoms. The average Bonchev–Trinajstić information content (AvgIpc) is 2.25. The molecule has 1 N–H and O–H groups in total. The van der Waals surface area contributed by atoms with Crippen LogP contribution in [0.15, 0.2) is 36.5 Å². The van der Waals surface area contributed by atoms with E-state index in [1.165, 1.54) is 0 Å². The molecule has 0 unspecified atom stereocenters. The van der Waals surface area contributed by atoms with E-state index in [4.69, 9.17) is 0 Å². The highest BCUT2D eigenvalue weighted by Crippen LogP contribution is 2.43. The van der Waals surface area contributed by atoms with Crippen molar-refractivity contribution in [1.82, 2.24) is 4.98 Å². The second-order valence-electron chi connectivity index (χ2n) is 4.27. The monoisotopic (exact) mass is 199 g/mol. The largest absolute Gasteiger partial charge is 0.385 e. The van der Waals surface area contributed by atoms with Crippen molar-refractivity contribution in [1.29, 1.82) is 0 Å². The maximum absolute atomic E-state index is 10.3. The Morgan fingerprint density at radius 3 is 2.67 bits per heavy atom. The molecule has 3 rings (SSSR count). The Labute approximate surface area is 88.6 Å². The SMILES string of the molecule is OC1(c2cccc3cccnc23)CCC1. The molecule has 0 spiro atoms. The molecule has 0 radical (unpaired) electrons. The molecule has 2 nitrogen and oxygen atoms in total. The summed E-state index contributed by atoms with van der Waals surface area (Å²) in [6.07, 6.45) is 4.62.